The van der Waals surface area contributed by atoms with Crippen molar-refractivity contribution in [2.75, 3.05) is 6.26 Å². The summed E-state index contributed by atoms with van der Waals surface area (Å²) in [6.07, 6.45) is 2.07. The molecule has 0 aliphatic rings. The van der Waals surface area contributed by atoms with Gasteiger partial charge < -0.3 is 5.73 Å². The van der Waals surface area contributed by atoms with Crippen LogP contribution < -0.4 is 5.73 Å². The molecule has 4 heteroatoms. The third-order valence-electron chi connectivity index (χ3n) is 2.68. The Kier molecular flexibility index (Phi) is 3.31. The Morgan fingerprint density at radius 2 is 2.00 bits per heavy atom. The fourth-order valence-corrected chi connectivity index (χ4v) is 2.07. The number of thioether (sulfide) groups is 1. The van der Waals surface area contributed by atoms with Gasteiger partial charge in [-0.25, -0.2) is 0 Å². The van der Waals surface area contributed by atoms with E-state index in [1.807, 2.05) is 6.92 Å². The predicted molar refractivity (Wildman–Crippen MR) is 68.4 cm³/mol. The van der Waals surface area contributed by atoms with Gasteiger partial charge in [0.25, 0.3) is 0 Å². The molecule has 0 radical (unpaired) electrons. The summed E-state index contributed by atoms with van der Waals surface area (Å²) in [6.45, 7) is 2.55. The highest BCUT2D eigenvalue weighted by molar-refractivity contribution is 7.98. The molecule has 0 atom stereocenters. The molecule has 0 spiro atoms. The molecule has 16 heavy (non-hydrogen) atoms. The third-order valence-corrected chi connectivity index (χ3v) is 3.42. The second kappa shape index (κ2) is 4.72. The second-order valence-corrected chi connectivity index (χ2v) is 4.49. The highest BCUT2D eigenvalue weighted by Gasteiger charge is 2.09. The van der Waals surface area contributed by atoms with Crippen molar-refractivity contribution in [1.82, 2.24) is 10.2 Å². The molecular weight excluding hydrogens is 218 g/mol. The number of hydrogen-bond acceptors (Lipinski definition) is 3. The predicted octanol–water partition coefficient (Wildman–Crippen LogP) is 2.57. The average Bonchev–Trinajstić information content (AvgIpc) is 2.70. The molecule has 3 N–H and O–H groups in total. The number of hydrogen-bond donors (Lipinski definition) is 2. The largest absolute Gasteiger partial charge is 0.325 e. The minimum atomic E-state index is 0.502. The summed E-state index contributed by atoms with van der Waals surface area (Å²) in [5, 5.41) is 7.27. The molecule has 0 bridgehead atoms. The number of H-pyrrole nitrogens is 1. The van der Waals surface area contributed by atoms with E-state index in [2.05, 4.69) is 40.7 Å². The van der Waals surface area contributed by atoms with Crippen LogP contribution in [0, 0.1) is 6.92 Å². The maximum absolute atomic E-state index is 5.61. The molecular formula is C12H15N3S. The van der Waals surface area contributed by atoms with Gasteiger partial charge in [0.15, 0.2) is 0 Å². The van der Waals surface area contributed by atoms with E-state index < -0.39 is 0 Å². The summed E-state index contributed by atoms with van der Waals surface area (Å²) >= 11 is 1.74. The lowest BCUT2D eigenvalue weighted by Crippen LogP contribution is -1.98. The first kappa shape index (κ1) is 11.2. The highest BCUT2D eigenvalue weighted by atomic mass is 32.2. The summed E-state index contributed by atoms with van der Waals surface area (Å²) in [5.41, 5.74) is 9.88. The number of aromatic nitrogens is 2. The van der Waals surface area contributed by atoms with Gasteiger partial charge in [0, 0.05) is 17.0 Å². The van der Waals surface area contributed by atoms with Crippen LogP contribution in [0.4, 0.5) is 0 Å². The molecule has 3 nitrogen and oxygen atoms in total. The van der Waals surface area contributed by atoms with Crippen molar-refractivity contribution < 1.29 is 0 Å². The van der Waals surface area contributed by atoms with Crippen LogP contribution in [0.5, 0.6) is 0 Å². The first-order valence-electron chi connectivity index (χ1n) is 5.14. The first-order chi connectivity index (χ1) is 7.76. The highest BCUT2D eigenvalue weighted by Crippen LogP contribution is 2.25. The summed E-state index contributed by atoms with van der Waals surface area (Å²) in [7, 11) is 0. The van der Waals surface area contributed by atoms with E-state index in [-0.39, 0.29) is 0 Å². The molecule has 2 aromatic rings. The Balaban J connectivity index is 2.38. The third kappa shape index (κ3) is 1.99. The second-order valence-electron chi connectivity index (χ2n) is 3.61. The maximum atomic E-state index is 5.61. The number of nitrogens with zero attached hydrogens (tertiary/aromatic N) is 1. The van der Waals surface area contributed by atoms with Crippen LogP contribution in [-0.4, -0.2) is 16.5 Å². The monoisotopic (exact) mass is 233 g/mol. The Hall–Kier alpha value is -1.26. The first-order valence-corrected chi connectivity index (χ1v) is 6.37. The standard InChI is InChI=1S/C12H15N3S/c1-8-11(7-13)14-15-12(8)9-3-5-10(16-2)6-4-9/h3-6H,7,13H2,1-2H3,(H,14,15). The molecule has 1 aromatic carbocycles. The number of benzene rings is 1. The van der Waals surface area contributed by atoms with Crippen LogP contribution in [0.25, 0.3) is 11.3 Å². The van der Waals surface area contributed by atoms with Crippen molar-refractivity contribution in [1.29, 1.82) is 0 Å². The van der Waals surface area contributed by atoms with Gasteiger partial charge in [0.05, 0.1) is 11.4 Å². The van der Waals surface area contributed by atoms with Gasteiger partial charge >= 0.3 is 0 Å². The maximum Gasteiger partial charge on any atom is 0.0953 e. The van der Waals surface area contributed by atoms with Crippen LogP contribution in [-0.2, 0) is 6.54 Å². The van der Waals surface area contributed by atoms with Crippen molar-refractivity contribution in [2.24, 2.45) is 5.73 Å². The molecule has 0 unspecified atom stereocenters. The Bertz CT molecular complexity index is 474. The summed E-state index contributed by atoms with van der Waals surface area (Å²) in [4.78, 5) is 1.26. The topological polar surface area (TPSA) is 54.7 Å². The average molecular weight is 233 g/mol. The summed E-state index contributed by atoms with van der Waals surface area (Å²) < 4.78 is 0. The number of aromatic amines is 1. The van der Waals surface area contributed by atoms with Crippen LogP contribution in [0.2, 0.25) is 0 Å². The van der Waals surface area contributed by atoms with E-state index in [4.69, 9.17) is 5.73 Å². The molecule has 0 saturated carbocycles. The lowest BCUT2D eigenvalue weighted by molar-refractivity contribution is 0.941. The van der Waals surface area contributed by atoms with Gasteiger partial charge in [0.2, 0.25) is 0 Å². The molecule has 84 valence electrons. The van der Waals surface area contributed by atoms with Crippen molar-refractivity contribution >= 4 is 11.8 Å². The Morgan fingerprint density at radius 3 is 2.50 bits per heavy atom. The number of rotatable bonds is 3. The molecule has 1 aromatic heterocycles. The summed E-state index contributed by atoms with van der Waals surface area (Å²) in [6, 6.07) is 8.40. The molecule has 0 saturated heterocycles. The van der Waals surface area contributed by atoms with Crippen LogP contribution in [0.3, 0.4) is 0 Å². The van der Waals surface area contributed by atoms with Gasteiger partial charge in [-0.3, -0.25) is 5.10 Å². The zero-order valence-electron chi connectivity index (χ0n) is 9.45. The van der Waals surface area contributed by atoms with Gasteiger partial charge in [-0.1, -0.05) is 12.1 Å². The lowest BCUT2D eigenvalue weighted by Gasteiger charge is -2.01. The Labute approximate surface area is 99.4 Å². The zero-order chi connectivity index (χ0) is 11.5. The van der Waals surface area contributed by atoms with Crippen molar-refractivity contribution in [3.63, 3.8) is 0 Å². The quantitative estimate of drug-likeness (QED) is 0.801. The SMILES string of the molecule is CSc1ccc(-c2n[nH]c(CN)c2C)cc1. The number of nitrogens with two attached hydrogens (primary N) is 1. The Morgan fingerprint density at radius 1 is 1.31 bits per heavy atom. The lowest BCUT2D eigenvalue weighted by atomic mass is 10.1. The van der Waals surface area contributed by atoms with Gasteiger partial charge in [-0.15, -0.1) is 11.8 Å². The fraction of sp³-hybridized carbons (Fsp3) is 0.250. The van der Waals surface area contributed by atoms with E-state index in [0.717, 1.165) is 22.5 Å². The van der Waals surface area contributed by atoms with E-state index in [9.17, 15) is 0 Å². The fourth-order valence-electron chi connectivity index (χ4n) is 1.66. The van der Waals surface area contributed by atoms with Gasteiger partial charge in [-0.05, 0) is 30.9 Å². The van der Waals surface area contributed by atoms with Gasteiger partial charge in [-0.2, -0.15) is 5.10 Å². The van der Waals surface area contributed by atoms with E-state index in [1.165, 1.54) is 4.90 Å². The molecule has 0 fully saturated rings. The van der Waals surface area contributed by atoms with Crippen LogP contribution >= 0.6 is 11.8 Å². The minimum Gasteiger partial charge on any atom is -0.325 e. The van der Waals surface area contributed by atoms with E-state index in [1.54, 1.807) is 11.8 Å². The van der Waals surface area contributed by atoms with Crippen LogP contribution in [0.15, 0.2) is 29.2 Å². The summed E-state index contributed by atoms with van der Waals surface area (Å²) in [5.74, 6) is 0. The van der Waals surface area contributed by atoms with E-state index >= 15 is 0 Å². The molecule has 0 aliphatic carbocycles. The molecule has 0 amide bonds. The molecule has 1 heterocycles. The molecule has 0 aliphatic heterocycles. The van der Waals surface area contributed by atoms with Gasteiger partial charge in [0.1, 0.15) is 0 Å². The van der Waals surface area contributed by atoms with Crippen molar-refractivity contribution in [3.8, 4) is 11.3 Å². The van der Waals surface area contributed by atoms with Crippen molar-refractivity contribution in [3.05, 3.63) is 35.5 Å². The van der Waals surface area contributed by atoms with Crippen molar-refractivity contribution in [2.45, 2.75) is 18.4 Å². The minimum absolute atomic E-state index is 0.502. The normalized spacial score (nSPS) is 10.7. The van der Waals surface area contributed by atoms with E-state index in [0.29, 0.717) is 6.54 Å². The zero-order valence-corrected chi connectivity index (χ0v) is 10.3. The van der Waals surface area contributed by atoms with Crippen LogP contribution in [0.1, 0.15) is 11.3 Å². The number of nitrogens with one attached hydrogen (secondary N) is 1. The smallest absolute Gasteiger partial charge is 0.0953 e. The molecule has 2 rings (SSSR count).